The van der Waals surface area contributed by atoms with Crippen LogP contribution in [0.25, 0.3) is 0 Å². The zero-order chi connectivity index (χ0) is 18.9. The fourth-order valence-electron chi connectivity index (χ4n) is 2.66. The standard InChI is InChI=1S/C19H19ClN2O4/c1-11(12-4-7-14(25-3)8-5-12)21-17(23)19(2)18(24)22-15-10-13(20)6-9-16(15)26-19/h4-11H,1-3H3,(H,21,23)(H,22,24). The van der Waals surface area contributed by atoms with E-state index in [9.17, 15) is 9.59 Å². The summed E-state index contributed by atoms with van der Waals surface area (Å²) in [6, 6.07) is 11.8. The van der Waals surface area contributed by atoms with E-state index in [1.165, 1.54) is 6.92 Å². The first-order chi connectivity index (χ1) is 12.3. The number of carbonyl (C=O) groups is 2. The summed E-state index contributed by atoms with van der Waals surface area (Å²) in [6.07, 6.45) is 0. The maximum atomic E-state index is 12.8. The SMILES string of the molecule is COc1ccc(C(C)NC(=O)C2(C)Oc3ccc(Cl)cc3NC2=O)cc1. The minimum atomic E-state index is -1.68. The predicted octanol–water partition coefficient (Wildman–Crippen LogP) is 3.32. The lowest BCUT2D eigenvalue weighted by Gasteiger charge is -2.34. The summed E-state index contributed by atoms with van der Waals surface area (Å²) in [5.74, 6) is 0.0406. The molecule has 0 saturated carbocycles. The van der Waals surface area contributed by atoms with Gasteiger partial charge in [-0.25, -0.2) is 0 Å². The monoisotopic (exact) mass is 374 g/mol. The molecule has 1 aliphatic heterocycles. The molecule has 2 atom stereocenters. The average molecular weight is 375 g/mol. The molecular formula is C19H19ClN2O4. The van der Waals surface area contributed by atoms with Gasteiger partial charge >= 0.3 is 0 Å². The van der Waals surface area contributed by atoms with Gasteiger partial charge in [-0.15, -0.1) is 0 Å². The Bertz CT molecular complexity index is 853. The van der Waals surface area contributed by atoms with Crippen LogP contribution in [0.5, 0.6) is 11.5 Å². The third-order valence-corrected chi connectivity index (χ3v) is 4.57. The molecule has 0 saturated heterocycles. The van der Waals surface area contributed by atoms with E-state index in [-0.39, 0.29) is 6.04 Å². The molecule has 0 bridgehead atoms. The van der Waals surface area contributed by atoms with Gasteiger partial charge in [0.2, 0.25) is 0 Å². The topological polar surface area (TPSA) is 76.7 Å². The Morgan fingerprint density at radius 2 is 1.96 bits per heavy atom. The molecule has 6 nitrogen and oxygen atoms in total. The highest BCUT2D eigenvalue weighted by Crippen LogP contribution is 2.35. The van der Waals surface area contributed by atoms with Gasteiger partial charge in [-0.2, -0.15) is 0 Å². The van der Waals surface area contributed by atoms with Crippen molar-refractivity contribution in [2.24, 2.45) is 0 Å². The number of halogens is 1. The van der Waals surface area contributed by atoms with Gasteiger partial charge in [0.15, 0.2) is 0 Å². The van der Waals surface area contributed by atoms with Crippen molar-refractivity contribution >= 4 is 29.1 Å². The highest BCUT2D eigenvalue weighted by molar-refractivity contribution is 6.31. The molecule has 1 heterocycles. The van der Waals surface area contributed by atoms with Crippen LogP contribution in [0.2, 0.25) is 5.02 Å². The lowest BCUT2D eigenvalue weighted by molar-refractivity contribution is -0.147. The van der Waals surface area contributed by atoms with Gasteiger partial charge in [0.05, 0.1) is 18.8 Å². The molecule has 2 aromatic rings. The van der Waals surface area contributed by atoms with Crippen LogP contribution in [0.15, 0.2) is 42.5 Å². The highest BCUT2D eigenvalue weighted by atomic mass is 35.5. The van der Waals surface area contributed by atoms with Crippen molar-refractivity contribution in [2.45, 2.75) is 25.5 Å². The van der Waals surface area contributed by atoms with Gasteiger partial charge in [-0.1, -0.05) is 23.7 Å². The summed E-state index contributed by atoms with van der Waals surface area (Å²) in [4.78, 5) is 25.2. The van der Waals surface area contributed by atoms with Crippen LogP contribution in [0.1, 0.15) is 25.5 Å². The summed E-state index contributed by atoms with van der Waals surface area (Å²) in [5, 5.41) is 5.97. The first-order valence-corrected chi connectivity index (χ1v) is 8.46. The summed E-state index contributed by atoms with van der Waals surface area (Å²) < 4.78 is 10.8. The molecular weight excluding hydrogens is 356 g/mol. The smallest absolute Gasteiger partial charge is 0.278 e. The number of carbonyl (C=O) groups excluding carboxylic acids is 2. The minimum Gasteiger partial charge on any atom is -0.497 e. The largest absolute Gasteiger partial charge is 0.497 e. The number of hydrogen-bond donors (Lipinski definition) is 2. The minimum absolute atomic E-state index is 0.312. The Morgan fingerprint density at radius 3 is 2.62 bits per heavy atom. The van der Waals surface area contributed by atoms with Crippen molar-refractivity contribution < 1.29 is 19.1 Å². The van der Waals surface area contributed by atoms with Crippen molar-refractivity contribution in [1.29, 1.82) is 0 Å². The molecule has 7 heteroatoms. The Hall–Kier alpha value is -2.73. The lowest BCUT2D eigenvalue weighted by Crippen LogP contribution is -2.59. The van der Waals surface area contributed by atoms with E-state index in [1.54, 1.807) is 25.3 Å². The highest BCUT2D eigenvalue weighted by Gasteiger charge is 2.47. The second kappa shape index (κ2) is 6.88. The van der Waals surface area contributed by atoms with Crippen molar-refractivity contribution in [3.8, 4) is 11.5 Å². The van der Waals surface area contributed by atoms with Crippen molar-refractivity contribution in [2.75, 3.05) is 12.4 Å². The van der Waals surface area contributed by atoms with Gasteiger partial charge in [0.1, 0.15) is 11.5 Å². The molecule has 136 valence electrons. The molecule has 2 aromatic carbocycles. The van der Waals surface area contributed by atoms with E-state index in [2.05, 4.69) is 10.6 Å². The van der Waals surface area contributed by atoms with E-state index in [0.29, 0.717) is 16.5 Å². The number of amides is 2. The number of anilines is 1. The Balaban J connectivity index is 1.77. The molecule has 2 N–H and O–H groups in total. The van der Waals surface area contributed by atoms with Gasteiger partial charge in [-0.05, 0) is 49.7 Å². The van der Waals surface area contributed by atoms with E-state index in [0.717, 1.165) is 11.3 Å². The predicted molar refractivity (Wildman–Crippen MR) is 98.7 cm³/mol. The number of ether oxygens (including phenoxy) is 2. The molecule has 0 aliphatic carbocycles. The number of rotatable bonds is 4. The van der Waals surface area contributed by atoms with Crippen LogP contribution in [0.4, 0.5) is 5.69 Å². The number of fused-ring (bicyclic) bond motifs is 1. The molecule has 3 rings (SSSR count). The third-order valence-electron chi connectivity index (χ3n) is 4.33. The molecule has 2 amide bonds. The third kappa shape index (κ3) is 3.32. The van der Waals surface area contributed by atoms with Crippen LogP contribution in [0.3, 0.4) is 0 Å². The average Bonchev–Trinajstić information content (AvgIpc) is 2.63. The molecule has 0 fully saturated rings. The van der Waals surface area contributed by atoms with Gasteiger partial charge in [0.25, 0.3) is 17.4 Å². The van der Waals surface area contributed by atoms with Crippen molar-refractivity contribution in [3.05, 3.63) is 53.1 Å². The van der Waals surface area contributed by atoms with Gasteiger partial charge in [-0.3, -0.25) is 9.59 Å². The summed E-state index contributed by atoms with van der Waals surface area (Å²) in [6.45, 7) is 3.27. The Labute approximate surface area is 156 Å². The van der Waals surface area contributed by atoms with Crippen LogP contribution in [0, 0.1) is 0 Å². The van der Waals surface area contributed by atoms with Crippen LogP contribution in [-0.4, -0.2) is 24.5 Å². The summed E-state index contributed by atoms with van der Waals surface area (Å²) in [5.41, 5.74) is -0.358. The quantitative estimate of drug-likeness (QED) is 0.805. The lowest BCUT2D eigenvalue weighted by atomic mass is 10.00. The molecule has 2 unspecified atom stereocenters. The first kappa shape index (κ1) is 18.1. The Kier molecular flexibility index (Phi) is 4.78. The van der Waals surface area contributed by atoms with Crippen LogP contribution >= 0.6 is 11.6 Å². The Morgan fingerprint density at radius 1 is 1.27 bits per heavy atom. The molecule has 26 heavy (non-hydrogen) atoms. The molecule has 0 spiro atoms. The summed E-state index contributed by atoms with van der Waals surface area (Å²) in [7, 11) is 1.59. The van der Waals surface area contributed by atoms with E-state index >= 15 is 0 Å². The maximum Gasteiger partial charge on any atom is 0.278 e. The molecule has 1 aliphatic rings. The normalized spacial score (nSPS) is 19.6. The molecule has 0 radical (unpaired) electrons. The first-order valence-electron chi connectivity index (χ1n) is 8.08. The number of nitrogens with one attached hydrogen (secondary N) is 2. The van der Waals surface area contributed by atoms with E-state index in [1.807, 2.05) is 31.2 Å². The second-order valence-electron chi connectivity index (χ2n) is 6.20. The fraction of sp³-hybridized carbons (Fsp3) is 0.263. The van der Waals surface area contributed by atoms with Gasteiger partial charge < -0.3 is 20.1 Å². The van der Waals surface area contributed by atoms with Crippen molar-refractivity contribution in [1.82, 2.24) is 5.32 Å². The number of benzene rings is 2. The van der Waals surface area contributed by atoms with Crippen molar-refractivity contribution in [3.63, 3.8) is 0 Å². The van der Waals surface area contributed by atoms with Gasteiger partial charge in [0, 0.05) is 5.02 Å². The zero-order valence-corrected chi connectivity index (χ0v) is 15.4. The number of hydrogen-bond acceptors (Lipinski definition) is 4. The van der Waals surface area contributed by atoms with Crippen LogP contribution < -0.4 is 20.1 Å². The number of methoxy groups -OCH3 is 1. The van der Waals surface area contributed by atoms with E-state index in [4.69, 9.17) is 21.1 Å². The summed E-state index contributed by atoms with van der Waals surface area (Å²) >= 11 is 5.92. The van der Waals surface area contributed by atoms with E-state index < -0.39 is 17.4 Å². The zero-order valence-electron chi connectivity index (χ0n) is 14.6. The van der Waals surface area contributed by atoms with Crippen LogP contribution in [-0.2, 0) is 9.59 Å². The second-order valence-corrected chi connectivity index (χ2v) is 6.63. The molecule has 0 aromatic heterocycles. The fourth-order valence-corrected chi connectivity index (χ4v) is 2.83. The maximum absolute atomic E-state index is 12.8.